The highest BCUT2D eigenvalue weighted by atomic mass is 16.5. The summed E-state index contributed by atoms with van der Waals surface area (Å²) in [6.45, 7) is 5.34. The lowest BCUT2D eigenvalue weighted by Gasteiger charge is -2.37. The molecule has 18 heavy (non-hydrogen) atoms. The third-order valence-electron chi connectivity index (χ3n) is 3.44. The predicted molar refractivity (Wildman–Crippen MR) is 68.5 cm³/mol. The smallest absolute Gasteiger partial charge is 0.317 e. The van der Waals surface area contributed by atoms with E-state index >= 15 is 0 Å². The first-order valence-electron chi connectivity index (χ1n) is 6.21. The molecule has 4 nitrogen and oxygen atoms in total. The maximum absolute atomic E-state index is 10.8. The van der Waals surface area contributed by atoms with Crippen LogP contribution in [0.4, 0.5) is 0 Å². The molecule has 2 rings (SSSR count). The lowest BCUT2D eigenvalue weighted by Crippen LogP contribution is -2.47. The maximum atomic E-state index is 10.8. The minimum absolute atomic E-state index is 0.0262. The zero-order chi connectivity index (χ0) is 13.1. The second-order valence-electron chi connectivity index (χ2n) is 4.85. The number of ether oxygens (including phenoxy) is 1. The SMILES string of the molecule is Cc1ccccc1C1CN(CC(=O)O)C(C)CO1. The van der Waals surface area contributed by atoms with E-state index in [0.717, 1.165) is 5.56 Å². The summed E-state index contributed by atoms with van der Waals surface area (Å²) in [7, 11) is 0. The fourth-order valence-electron chi connectivity index (χ4n) is 2.34. The fourth-order valence-corrected chi connectivity index (χ4v) is 2.34. The van der Waals surface area contributed by atoms with Gasteiger partial charge < -0.3 is 9.84 Å². The van der Waals surface area contributed by atoms with Gasteiger partial charge in [-0.05, 0) is 25.0 Å². The third-order valence-corrected chi connectivity index (χ3v) is 3.44. The first-order chi connectivity index (χ1) is 8.58. The summed E-state index contributed by atoms with van der Waals surface area (Å²) in [4.78, 5) is 12.8. The highest BCUT2D eigenvalue weighted by Crippen LogP contribution is 2.26. The molecule has 1 aromatic rings. The second kappa shape index (κ2) is 5.50. The van der Waals surface area contributed by atoms with Crippen LogP contribution < -0.4 is 0 Å². The van der Waals surface area contributed by atoms with Gasteiger partial charge in [-0.1, -0.05) is 24.3 Å². The number of nitrogens with zero attached hydrogens (tertiary/aromatic N) is 1. The van der Waals surface area contributed by atoms with Crippen LogP contribution in [0.2, 0.25) is 0 Å². The number of rotatable bonds is 3. The first-order valence-corrected chi connectivity index (χ1v) is 6.21. The molecule has 0 saturated carbocycles. The van der Waals surface area contributed by atoms with Crippen LogP contribution in [0.3, 0.4) is 0 Å². The summed E-state index contributed by atoms with van der Waals surface area (Å²) >= 11 is 0. The molecule has 1 fully saturated rings. The van der Waals surface area contributed by atoms with Crippen molar-refractivity contribution in [3.05, 3.63) is 35.4 Å². The molecular weight excluding hydrogens is 230 g/mol. The monoisotopic (exact) mass is 249 g/mol. The van der Waals surface area contributed by atoms with Gasteiger partial charge in [0, 0.05) is 12.6 Å². The lowest BCUT2D eigenvalue weighted by atomic mass is 10.0. The van der Waals surface area contributed by atoms with E-state index in [1.54, 1.807) is 0 Å². The van der Waals surface area contributed by atoms with Crippen molar-refractivity contribution in [3.8, 4) is 0 Å². The molecule has 1 aliphatic rings. The highest BCUT2D eigenvalue weighted by Gasteiger charge is 2.28. The molecule has 0 aliphatic carbocycles. The van der Waals surface area contributed by atoms with Crippen LogP contribution in [0.1, 0.15) is 24.2 Å². The molecule has 0 spiro atoms. The van der Waals surface area contributed by atoms with Crippen molar-refractivity contribution >= 4 is 5.97 Å². The number of carbonyl (C=O) groups is 1. The second-order valence-corrected chi connectivity index (χ2v) is 4.85. The van der Waals surface area contributed by atoms with E-state index in [0.29, 0.717) is 13.2 Å². The van der Waals surface area contributed by atoms with Crippen molar-refractivity contribution in [2.45, 2.75) is 26.0 Å². The van der Waals surface area contributed by atoms with E-state index in [1.807, 2.05) is 24.0 Å². The Morgan fingerprint density at radius 2 is 2.22 bits per heavy atom. The van der Waals surface area contributed by atoms with Crippen LogP contribution >= 0.6 is 0 Å². The molecule has 1 heterocycles. The van der Waals surface area contributed by atoms with E-state index in [9.17, 15) is 4.79 Å². The molecule has 1 N–H and O–H groups in total. The number of benzene rings is 1. The topological polar surface area (TPSA) is 49.8 Å². The summed E-state index contributed by atoms with van der Waals surface area (Å²) in [5.74, 6) is -0.785. The molecule has 1 saturated heterocycles. The number of aliphatic carboxylic acids is 1. The average Bonchev–Trinajstić information content (AvgIpc) is 2.32. The van der Waals surface area contributed by atoms with Gasteiger partial charge in [0.25, 0.3) is 0 Å². The van der Waals surface area contributed by atoms with Gasteiger partial charge in [-0.3, -0.25) is 9.69 Å². The van der Waals surface area contributed by atoms with Crippen molar-refractivity contribution < 1.29 is 14.6 Å². The maximum Gasteiger partial charge on any atom is 0.317 e. The molecule has 0 amide bonds. The minimum atomic E-state index is -0.785. The van der Waals surface area contributed by atoms with E-state index in [2.05, 4.69) is 19.1 Å². The normalized spacial score (nSPS) is 25.0. The van der Waals surface area contributed by atoms with Gasteiger partial charge in [-0.15, -0.1) is 0 Å². The van der Waals surface area contributed by atoms with Gasteiger partial charge in [0.1, 0.15) is 0 Å². The Balaban J connectivity index is 2.12. The van der Waals surface area contributed by atoms with E-state index < -0.39 is 5.97 Å². The Morgan fingerprint density at radius 1 is 1.50 bits per heavy atom. The number of hydrogen-bond donors (Lipinski definition) is 1. The van der Waals surface area contributed by atoms with Gasteiger partial charge in [0.15, 0.2) is 0 Å². The average molecular weight is 249 g/mol. The predicted octanol–water partition coefficient (Wildman–Crippen LogP) is 1.84. The Kier molecular flexibility index (Phi) is 3.99. The van der Waals surface area contributed by atoms with Crippen LogP contribution in [-0.2, 0) is 9.53 Å². The Bertz CT molecular complexity index is 433. The van der Waals surface area contributed by atoms with Gasteiger partial charge in [0.05, 0.1) is 19.3 Å². The largest absolute Gasteiger partial charge is 0.480 e. The Morgan fingerprint density at radius 3 is 2.89 bits per heavy atom. The Hall–Kier alpha value is -1.39. The standard InChI is InChI=1S/C14H19NO3/c1-10-5-3-4-6-12(10)13-7-15(8-14(16)17)11(2)9-18-13/h3-6,11,13H,7-9H2,1-2H3,(H,16,17). The van der Waals surface area contributed by atoms with Gasteiger partial charge in [-0.2, -0.15) is 0 Å². The first kappa shape index (κ1) is 13.1. The number of carboxylic acids is 1. The molecule has 4 heteroatoms. The molecule has 0 aromatic heterocycles. The minimum Gasteiger partial charge on any atom is -0.480 e. The van der Waals surface area contributed by atoms with Crippen molar-refractivity contribution in [2.75, 3.05) is 19.7 Å². The molecule has 1 aliphatic heterocycles. The number of hydrogen-bond acceptors (Lipinski definition) is 3. The molecular formula is C14H19NO3. The zero-order valence-electron chi connectivity index (χ0n) is 10.8. The van der Waals surface area contributed by atoms with Gasteiger partial charge in [0.2, 0.25) is 0 Å². The fraction of sp³-hybridized carbons (Fsp3) is 0.500. The van der Waals surface area contributed by atoms with E-state index in [-0.39, 0.29) is 18.7 Å². The lowest BCUT2D eigenvalue weighted by molar-refractivity contribution is -0.142. The number of aryl methyl sites for hydroxylation is 1. The summed E-state index contributed by atoms with van der Waals surface area (Å²) in [6, 6.07) is 8.25. The van der Waals surface area contributed by atoms with Crippen LogP contribution in [-0.4, -0.2) is 41.7 Å². The summed E-state index contributed by atoms with van der Waals surface area (Å²) in [5.41, 5.74) is 2.34. The quantitative estimate of drug-likeness (QED) is 0.888. The molecule has 1 aromatic carbocycles. The van der Waals surface area contributed by atoms with E-state index in [4.69, 9.17) is 9.84 Å². The summed E-state index contributed by atoms with van der Waals surface area (Å²) in [6.07, 6.45) is -0.0262. The third kappa shape index (κ3) is 2.89. The van der Waals surface area contributed by atoms with Crippen molar-refractivity contribution in [1.82, 2.24) is 4.90 Å². The molecule has 2 atom stereocenters. The van der Waals surface area contributed by atoms with Crippen molar-refractivity contribution in [1.29, 1.82) is 0 Å². The van der Waals surface area contributed by atoms with Gasteiger partial charge in [-0.25, -0.2) is 0 Å². The van der Waals surface area contributed by atoms with Crippen molar-refractivity contribution in [3.63, 3.8) is 0 Å². The number of carboxylic acid groups (broad SMARTS) is 1. The molecule has 2 unspecified atom stereocenters. The van der Waals surface area contributed by atoms with Crippen LogP contribution in [0.25, 0.3) is 0 Å². The molecule has 0 bridgehead atoms. The zero-order valence-corrected chi connectivity index (χ0v) is 10.8. The van der Waals surface area contributed by atoms with E-state index in [1.165, 1.54) is 5.56 Å². The van der Waals surface area contributed by atoms with Gasteiger partial charge >= 0.3 is 5.97 Å². The summed E-state index contributed by atoms with van der Waals surface area (Å²) < 4.78 is 5.83. The molecule has 0 radical (unpaired) electrons. The summed E-state index contributed by atoms with van der Waals surface area (Å²) in [5, 5.41) is 8.91. The van der Waals surface area contributed by atoms with Crippen LogP contribution in [0.5, 0.6) is 0 Å². The van der Waals surface area contributed by atoms with Crippen LogP contribution in [0, 0.1) is 6.92 Å². The highest BCUT2D eigenvalue weighted by molar-refractivity contribution is 5.69. The number of morpholine rings is 1. The van der Waals surface area contributed by atoms with Crippen LogP contribution in [0.15, 0.2) is 24.3 Å². The molecule has 98 valence electrons. The van der Waals surface area contributed by atoms with Crippen molar-refractivity contribution in [2.24, 2.45) is 0 Å². The Labute approximate surface area is 107 Å².